The van der Waals surface area contributed by atoms with Crippen molar-refractivity contribution in [1.82, 2.24) is 0 Å². The summed E-state index contributed by atoms with van der Waals surface area (Å²) in [5, 5.41) is 2.67. The number of carbonyl (C=O) groups excluding carboxylic acids is 2. The Balaban J connectivity index is 1.80. The fourth-order valence-corrected chi connectivity index (χ4v) is 4.30. The van der Waals surface area contributed by atoms with Gasteiger partial charge in [0.2, 0.25) is 15.9 Å². The highest BCUT2D eigenvalue weighted by Gasteiger charge is 2.30. The van der Waals surface area contributed by atoms with Gasteiger partial charge in [-0.1, -0.05) is 0 Å². The standard InChI is InChI=1S/C21H24N2O7S/c1-4-28-21(25)15-5-7-16(8-6-15)22-20(24)14(2)23(31(3,26)27)17-9-10-18-19(13-17)30-12-11-29-18/h5-10,13-14H,4,11-12H2,1-3H3,(H,22,24)/t14-/m0/s1. The Labute approximate surface area is 181 Å². The van der Waals surface area contributed by atoms with Crippen LogP contribution in [-0.2, 0) is 19.6 Å². The molecule has 2 aromatic carbocycles. The molecule has 0 aromatic heterocycles. The normalized spacial score (nSPS) is 13.8. The maximum atomic E-state index is 12.8. The van der Waals surface area contributed by atoms with E-state index in [1.165, 1.54) is 25.1 Å². The van der Waals surface area contributed by atoms with E-state index in [4.69, 9.17) is 14.2 Å². The molecular formula is C21H24N2O7S. The molecule has 2 aromatic rings. The SMILES string of the molecule is CCOC(=O)c1ccc(NC(=O)[C@H](C)N(c2ccc3c(c2)OCCO3)S(C)(=O)=O)cc1. The van der Waals surface area contributed by atoms with Crippen LogP contribution in [0, 0.1) is 0 Å². The lowest BCUT2D eigenvalue weighted by molar-refractivity contribution is -0.116. The van der Waals surface area contributed by atoms with Crippen molar-refractivity contribution in [2.75, 3.05) is 35.7 Å². The molecule has 3 rings (SSSR count). The Morgan fingerprint density at radius 2 is 1.74 bits per heavy atom. The van der Waals surface area contributed by atoms with Crippen molar-refractivity contribution < 1.29 is 32.2 Å². The topological polar surface area (TPSA) is 111 Å². The van der Waals surface area contributed by atoms with Crippen molar-refractivity contribution in [1.29, 1.82) is 0 Å². The first-order chi connectivity index (χ1) is 14.7. The Bertz CT molecular complexity index is 1070. The molecule has 1 aliphatic rings. The first-order valence-electron chi connectivity index (χ1n) is 9.68. The summed E-state index contributed by atoms with van der Waals surface area (Å²) in [6.07, 6.45) is 1.03. The van der Waals surface area contributed by atoms with Gasteiger partial charge in [0.1, 0.15) is 19.3 Å². The molecule has 0 aliphatic carbocycles. The number of hydrogen-bond acceptors (Lipinski definition) is 7. The van der Waals surface area contributed by atoms with Gasteiger partial charge in [0, 0.05) is 11.8 Å². The number of nitrogens with one attached hydrogen (secondary N) is 1. The van der Waals surface area contributed by atoms with Crippen LogP contribution >= 0.6 is 0 Å². The predicted octanol–water partition coefficient (Wildman–Crippen LogP) is 2.43. The van der Waals surface area contributed by atoms with Crippen molar-refractivity contribution in [2.45, 2.75) is 19.9 Å². The molecule has 0 fully saturated rings. The van der Waals surface area contributed by atoms with Crippen molar-refractivity contribution in [2.24, 2.45) is 0 Å². The smallest absolute Gasteiger partial charge is 0.338 e. The number of esters is 1. The van der Waals surface area contributed by atoms with Gasteiger partial charge in [-0.25, -0.2) is 13.2 Å². The lowest BCUT2D eigenvalue weighted by Gasteiger charge is -2.29. The van der Waals surface area contributed by atoms with Crippen LogP contribution in [0.3, 0.4) is 0 Å². The van der Waals surface area contributed by atoms with Crippen LogP contribution in [0.2, 0.25) is 0 Å². The first-order valence-corrected chi connectivity index (χ1v) is 11.5. The number of fused-ring (bicyclic) bond motifs is 1. The van der Waals surface area contributed by atoms with E-state index in [0.717, 1.165) is 10.6 Å². The summed E-state index contributed by atoms with van der Waals surface area (Å²) in [4.78, 5) is 24.6. The predicted molar refractivity (Wildman–Crippen MR) is 115 cm³/mol. The summed E-state index contributed by atoms with van der Waals surface area (Å²) < 4.78 is 41.9. The zero-order valence-corrected chi connectivity index (χ0v) is 18.3. The summed E-state index contributed by atoms with van der Waals surface area (Å²) in [5.74, 6) is -0.0680. The van der Waals surface area contributed by atoms with Crippen molar-refractivity contribution in [3.63, 3.8) is 0 Å². The van der Waals surface area contributed by atoms with Gasteiger partial charge in [0.05, 0.1) is 24.1 Å². The zero-order valence-electron chi connectivity index (χ0n) is 17.5. The van der Waals surface area contributed by atoms with Gasteiger partial charge >= 0.3 is 5.97 Å². The van der Waals surface area contributed by atoms with Gasteiger partial charge in [-0.2, -0.15) is 0 Å². The first kappa shape index (κ1) is 22.4. The van der Waals surface area contributed by atoms with Crippen LogP contribution < -0.4 is 19.1 Å². The molecule has 166 valence electrons. The van der Waals surface area contributed by atoms with E-state index >= 15 is 0 Å². The number of amides is 1. The number of carbonyl (C=O) groups is 2. The van der Waals surface area contributed by atoms with Crippen LogP contribution in [0.25, 0.3) is 0 Å². The second-order valence-corrected chi connectivity index (χ2v) is 8.71. The second-order valence-electron chi connectivity index (χ2n) is 6.85. The summed E-state index contributed by atoms with van der Waals surface area (Å²) in [5.41, 5.74) is 1.05. The molecule has 9 nitrogen and oxygen atoms in total. The molecule has 1 atom stereocenters. The van der Waals surface area contributed by atoms with E-state index in [0.29, 0.717) is 36.0 Å². The average Bonchev–Trinajstić information content (AvgIpc) is 2.73. The van der Waals surface area contributed by atoms with Gasteiger partial charge in [0.15, 0.2) is 11.5 Å². The van der Waals surface area contributed by atoms with Crippen molar-refractivity contribution in [3.05, 3.63) is 48.0 Å². The number of sulfonamides is 1. The Hall–Kier alpha value is -3.27. The molecule has 10 heteroatoms. The van der Waals surface area contributed by atoms with Crippen LogP contribution in [0.1, 0.15) is 24.2 Å². The number of anilines is 2. The molecule has 1 amide bonds. The monoisotopic (exact) mass is 448 g/mol. The lowest BCUT2D eigenvalue weighted by Crippen LogP contribution is -2.45. The van der Waals surface area contributed by atoms with Gasteiger partial charge in [-0.05, 0) is 50.2 Å². The number of rotatable bonds is 7. The number of ether oxygens (including phenoxy) is 3. The average molecular weight is 448 g/mol. The minimum atomic E-state index is -3.79. The third kappa shape index (κ3) is 5.26. The number of hydrogen-bond donors (Lipinski definition) is 1. The maximum Gasteiger partial charge on any atom is 0.338 e. The van der Waals surface area contributed by atoms with E-state index in [1.807, 2.05) is 0 Å². The summed E-state index contributed by atoms with van der Waals surface area (Å²) >= 11 is 0. The van der Waals surface area contributed by atoms with Gasteiger partial charge in [-0.15, -0.1) is 0 Å². The number of nitrogens with zero attached hydrogens (tertiary/aromatic N) is 1. The zero-order chi connectivity index (χ0) is 22.6. The molecule has 0 bridgehead atoms. The summed E-state index contributed by atoms with van der Waals surface area (Å²) in [7, 11) is -3.79. The van der Waals surface area contributed by atoms with E-state index in [1.54, 1.807) is 31.2 Å². The van der Waals surface area contributed by atoms with Crippen LogP contribution in [0.5, 0.6) is 11.5 Å². The third-order valence-electron chi connectivity index (χ3n) is 4.53. The lowest BCUT2D eigenvalue weighted by atomic mass is 10.2. The van der Waals surface area contributed by atoms with Crippen molar-refractivity contribution >= 4 is 33.3 Å². The molecule has 0 spiro atoms. The molecule has 1 heterocycles. The summed E-state index contributed by atoms with van der Waals surface area (Å²) in [6.45, 7) is 4.22. The van der Waals surface area contributed by atoms with E-state index in [9.17, 15) is 18.0 Å². The molecule has 1 N–H and O–H groups in total. The minimum Gasteiger partial charge on any atom is -0.486 e. The Morgan fingerprint density at radius 3 is 2.35 bits per heavy atom. The molecule has 0 saturated heterocycles. The highest BCUT2D eigenvalue weighted by Crippen LogP contribution is 2.35. The van der Waals surface area contributed by atoms with Gasteiger partial charge < -0.3 is 19.5 Å². The third-order valence-corrected chi connectivity index (χ3v) is 5.77. The minimum absolute atomic E-state index is 0.260. The Kier molecular flexibility index (Phi) is 6.69. The largest absolute Gasteiger partial charge is 0.486 e. The van der Waals surface area contributed by atoms with Crippen LogP contribution in [0.4, 0.5) is 11.4 Å². The summed E-state index contributed by atoms with van der Waals surface area (Å²) in [6, 6.07) is 9.79. The quantitative estimate of drug-likeness (QED) is 0.648. The van der Waals surface area contributed by atoms with Gasteiger partial charge in [-0.3, -0.25) is 9.10 Å². The fraction of sp³-hybridized carbons (Fsp3) is 0.333. The molecule has 0 saturated carbocycles. The fourth-order valence-electron chi connectivity index (χ4n) is 3.13. The second kappa shape index (κ2) is 9.25. The van der Waals surface area contributed by atoms with Crippen LogP contribution in [0.15, 0.2) is 42.5 Å². The van der Waals surface area contributed by atoms with E-state index < -0.39 is 27.9 Å². The van der Waals surface area contributed by atoms with Gasteiger partial charge in [0.25, 0.3) is 0 Å². The maximum absolute atomic E-state index is 12.8. The van der Waals surface area contributed by atoms with E-state index in [-0.39, 0.29) is 12.3 Å². The molecule has 0 unspecified atom stereocenters. The molecule has 31 heavy (non-hydrogen) atoms. The molecule has 0 radical (unpaired) electrons. The molecular weight excluding hydrogens is 424 g/mol. The van der Waals surface area contributed by atoms with E-state index in [2.05, 4.69) is 5.32 Å². The highest BCUT2D eigenvalue weighted by molar-refractivity contribution is 7.92. The van der Waals surface area contributed by atoms with Crippen molar-refractivity contribution in [3.8, 4) is 11.5 Å². The highest BCUT2D eigenvalue weighted by atomic mass is 32.2. The molecule has 1 aliphatic heterocycles. The van der Waals surface area contributed by atoms with Crippen LogP contribution in [-0.4, -0.2) is 52.4 Å². The number of benzene rings is 2. The Morgan fingerprint density at radius 1 is 1.10 bits per heavy atom.